The van der Waals surface area contributed by atoms with Crippen LogP contribution in [0.4, 0.5) is 13.2 Å². The average molecular weight is 297 g/mol. The summed E-state index contributed by atoms with van der Waals surface area (Å²) >= 11 is 0. The fraction of sp³-hybridized carbons (Fsp3) is 0.0714. The van der Waals surface area contributed by atoms with Crippen LogP contribution in [-0.4, -0.2) is 12.3 Å². The highest BCUT2D eigenvalue weighted by Crippen LogP contribution is 2.29. The molecule has 0 aliphatic heterocycles. The van der Waals surface area contributed by atoms with Crippen LogP contribution in [0.1, 0.15) is 10.4 Å². The lowest BCUT2D eigenvalue weighted by molar-refractivity contribution is -0.274. The predicted octanol–water partition coefficient (Wildman–Crippen LogP) is 3.48. The summed E-state index contributed by atoms with van der Waals surface area (Å²) in [6.45, 7) is 0. The van der Waals surface area contributed by atoms with E-state index in [0.717, 1.165) is 12.1 Å². The van der Waals surface area contributed by atoms with Gasteiger partial charge in [-0.1, -0.05) is 12.1 Å². The second kappa shape index (κ2) is 5.74. The van der Waals surface area contributed by atoms with Crippen molar-refractivity contribution in [3.63, 3.8) is 0 Å². The van der Waals surface area contributed by atoms with Crippen molar-refractivity contribution >= 4 is 5.91 Å². The Hall–Kier alpha value is -2.70. The molecule has 0 atom stereocenters. The van der Waals surface area contributed by atoms with Gasteiger partial charge in [-0.05, 0) is 30.3 Å². The summed E-state index contributed by atoms with van der Waals surface area (Å²) in [4.78, 5) is 11.0. The van der Waals surface area contributed by atoms with Gasteiger partial charge in [0.05, 0.1) is 0 Å². The van der Waals surface area contributed by atoms with E-state index in [9.17, 15) is 18.0 Å². The number of primary amides is 1. The normalized spacial score (nSPS) is 11.0. The van der Waals surface area contributed by atoms with Crippen molar-refractivity contribution in [2.24, 2.45) is 5.73 Å². The Balaban J connectivity index is 2.18. The Kier molecular flexibility index (Phi) is 4.02. The number of rotatable bonds is 4. The number of alkyl halides is 3. The van der Waals surface area contributed by atoms with Gasteiger partial charge in [-0.25, -0.2) is 0 Å². The standard InChI is InChI=1S/C14H10F3NO3/c15-14(16,17)21-12-6-2-5-11(8-12)20-10-4-1-3-9(7-10)13(18)19/h1-8H,(H2,18,19). The molecule has 0 radical (unpaired) electrons. The predicted molar refractivity (Wildman–Crippen MR) is 68.2 cm³/mol. The monoisotopic (exact) mass is 297 g/mol. The van der Waals surface area contributed by atoms with Gasteiger partial charge >= 0.3 is 6.36 Å². The molecular formula is C14H10F3NO3. The average Bonchev–Trinajstić information content (AvgIpc) is 2.37. The first-order valence-corrected chi connectivity index (χ1v) is 5.77. The van der Waals surface area contributed by atoms with Gasteiger partial charge < -0.3 is 15.2 Å². The molecule has 0 aliphatic carbocycles. The Morgan fingerprint density at radius 3 is 2.14 bits per heavy atom. The molecule has 0 spiro atoms. The third kappa shape index (κ3) is 4.41. The fourth-order valence-electron chi connectivity index (χ4n) is 1.58. The van der Waals surface area contributed by atoms with Gasteiger partial charge in [0.1, 0.15) is 17.2 Å². The van der Waals surface area contributed by atoms with Crippen molar-refractivity contribution < 1.29 is 27.4 Å². The van der Waals surface area contributed by atoms with E-state index in [1.165, 1.54) is 24.3 Å². The first-order valence-electron chi connectivity index (χ1n) is 5.77. The number of benzene rings is 2. The van der Waals surface area contributed by atoms with Gasteiger partial charge in [0.2, 0.25) is 5.91 Å². The third-order valence-electron chi connectivity index (χ3n) is 2.39. The molecule has 0 saturated carbocycles. The molecule has 4 nitrogen and oxygen atoms in total. The summed E-state index contributed by atoms with van der Waals surface area (Å²) < 4.78 is 45.5. The van der Waals surface area contributed by atoms with Crippen molar-refractivity contribution in [1.82, 2.24) is 0 Å². The SMILES string of the molecule is NC(=O)c1cccc(Oc2cccc(OC(F)(F)F)c2)c1. The smallest absolute Gasteiger partial charge is 0.457 e. The van der Waals surface area contributed by atoms with E-state index in [-0.39, 0.29) is 17.1 Å². The second-order valence-corrected chi connectivity index (χ2v) is 4.02. The maximum Gasteiger partial charge on any atom is 0.573 e. The summed E-state index contributed by atoms with van der Waals surface area (Å²) in [7, 11) is 0. The van der Waals surface area contributed by atoms with Crippen LogP contribution in [0, 0.1) is 0 Å². The summed E-state index contributed by atoms with van der Waals surface area (Å²) in [6, 6.07) is 11.0. The highest BCUT2D eigenvalue weighted by Gasteiger charge is 2.31. The number of ether oxygens (including phenoxy) is 2. The zero-order valence-corrected chi connectivity index (χ0v) is 10.6. The van der Waals surface area contributed by atoms with E-state index in [1.54, 1.807) is 12.1 Å². The van der Waals surface area contributed by atoms with E-state index in [0.29, 0.717) is 0 Å². The molecular weight excluding hydrogens is 287 g/mol. The van der Waals surface area contributed by atoms with Crippen LogP contribution in [0.15, 0.2) is 48.5 Å². The van der Waals surface area contributed by atoms with Crippen LogP contribution >= 0.6 is 0 Å². The Labute approximate surface area is 117 Å². The highest BCUT2D eigenvalue weighted by molar-refractivity contribution is 5.93. The van der Waals surface area contributed by atoms with Crippen molar-refractivity contribution in [3.8, 4) is 17.2 Å². The van der Waals surface area contributed by atoms with Gasteiger partial charge in [-0.2, -0.15) is 0 Å². The molecule has 1 amide bonds. The van der Waals surface area contributed by atoms with Gasteiger partial charge in [-0.15, -0.1) is 13.2 Å². The largest absolute Gasteiger partial charge is 0.573 e. The topological polar surface area (TPSA) is 61.6 Å². The van der Waals surface area contributed by atoms with Crippen molar-refractivity contribution in [1.29, 1.82) is 0 Å². The minimum atomic E-state index is -4.77. The molecule has 2 aromatic rings. The molecule has 110 valence electrons. The number of carbonyl (C=O) groups excluding carboxylic acids is 1. The summed E-state index contributed by atoms with van der Waals surface area (Å²) in [5, 5.41) is 0. The Bertz CT molecular complexity index is 656. The maximum atomic E-state index is 12.1. The zero-order valence-electron chi connectivity index (χ0n) is 10.6. The lowest BCUT2D eigenvalue weighted by Crippen LogP contribution is -2.17. The molecule has 7 heteroatoms. The lowest BCUT2D eigenvalue weighted by atomic mass is 10.2. The third-order valence-corrected chi connectivity index (χ3v) is 2.39. The number of hydrogen-bond donors (Lipinski definition) is 1. The highest BCUT2D eigenvalue weighted by atomic mass is 19.4. The van der Waals surface area contributed by atoms with Gasteiger partial charge in [0, 0.05) is 11.6 Å². The minimum Gasteiger partial charge on any atom is -0.457 e. The summed E-state index contributed by atoms with van der Waals surface area (Å²) in [5.74, 6) is -0.616. The summed E-state index contributed by atoms with van der Waals surface area (Å²) in [6.07, 6.45) is -4.77. The van der Waals surface area contributed by atoms with Crippen molar-refractivity contribution in [3.05, 3.63) is 54.1 Å². The number of nitrogens with two attached hydrogens (primary N) is 1. The fourth-order valence-corrected chi connectivity index (χ4v) is 1.58. The van der Waals surface area contributed by atoms with E-state index >= 15 is 0 Å². The number of halogens is 3. The maximum absolute atomic E-state index is 12.1. The van der Waals surface area contributed by atoms with Crippen LogP contribution in [0.25, 0.3) is 0 Å². The van der Waals surface area contributed by atoms with E-state index in [1.807, 2.05) is 0 Å². The van der Waals surface area contributed by atoms with E-state index < -0.39 is 18.0 Å². The molecule has 2 N–H and O–H groups in total. The second-order valence-electron chi connectivity index (χ2n) is 4.02. The molecule has 0 aromatic heterocycles. The van der Waals surface area contributed by atoms with Crippen LogP contribution in [0.3, 0.4) is 0 Å². The Morgan fingerprint density at radius 1 is 0.952 bits per heavy atom. The Morgan fingerprint density at radius 2 is 1.52 bits per heavy atom. The van der Waals surface area contributed by atoms with Gasteiger partial charge in [0.25, 0.3) is 0 Å². The van der Waals surface area contributed by atoms with E-state index in [4.69, 9.17) is 10.5 Å². The molecule has 21 heavy (non-hydrogen) atoms. The van der Waals surface area contributed by atoms with Crippen LogP contribution in [-0.2, 0) is 0 Å². The molecule has 0 aliphatic rings. The molecule has 2 rings (SSSR count). The van der Waals surface area contributed by atoms with Crippen LogP contribution in [0.2, 0.25) is 0 Å². The molecule has 0 bridgehead atoms. The molecule has 0 saturated heterocycles. The van der Waals surface area contributed by atoms with E-state index in [2.05, 4.69) is 4.74 Å². The first kappa shape index (κ1) is 14.7. The first-order chi connectivity index (χ1) is 9.83. The van der Waals surface area contributed by atoms with Crippen LogP contribution in [0.5, 0.6) is 17.2 Å². The quantitative estimate of drug-likeness (QED) is 0.939. The number of amides is 1. The lowest BCUT2D eigenvalue weighted by Gasteiger charge is -2.11. The molecule has 0 fully saturated rings. The van der Waals surface area contributed by atoms with Crippen LogP contribution < -0.4 is 15.2 Å². The zero-order chi connectivity index (χ0) is 15.5. The van der Waals surface area contributed by atoms with Gasteiger partial charge in [0.15, 0.2) is 0 Å². The van der Waals surface area contributed by atoms with Crippen molar-refractivity contribution in [2.45, 2.75) is 6.36 Å². The number of hydrogen-bond acceptors (Lipinski definition) is 3. The van der Waals surface area contributed by atoms with Crippen molar-refractivity contribution in [2.75, 3.05) is 0 Å². The molecule has 2 aromatic carbocycles. The van der Waals surface area contributed by atoms with Gasteiger partial charge in [-0.3, -0.25) is 4.79 Å². The molecule has 0 heterocycles. The molecule has 0 unspecified atom stereocenters. The minimum absolute atomic E-state index is 0.137. The summed E-state index contributed by atoms with van der Waals surface area (Å²) in [5.41, 5.74) is 5.36. The number of carbonyl (C=O) groups is 1.